The van der Waals surface area contributed by atoms with Crippen molar-refractivity contribution in [3.8, 4) is 0 Å². The van der Waals surface area contributed by atoms with Gasteiger partial charge >= 0.3 is 6.09 Å². The van der Waals surface area contributed by atoms with Crippen LogP contribution in [-0.2, 0) is 19.5 Å². The van der Waals surface area contributed by atoms with E-state index < -0.39 is 15.6 Å². The van der Waals surface area contributed by atoms with Crippen LogP contribution in [0.5, 0.6) is 0 Å². The average molecular weight is 531 g/mol. The van der Waals surface area contributed by atoms with E-state index in [2.05, 4.69) is 5.32 Å². The Kier molecular flexibility index (Phi) is 9.14. The second-order valence-corrected chi connectivity index (χ2v) is 13.6. The Bertz CT molecular complexity index is 1150. The van der Waals surface area contributed by atoms with Gasteiger partial charge in [-0.05, 0) is 100.0 Å². The van der Waals surface area contributed by atoms with E-state index in [9.17, 15) is 13.2 Å². The van der Waals surface area contributed by atoms with Gasteiger partial charge < -0.3 is 14.8 Å². The summed E-state index contributed by atoms with van der Waals surface area (Å²) < 4.78 is 40.4. The zero-order chi connectivity index (χ0) is 26.5. The van der Waals surface area contributed by atoms with Crippen LogP contribution >= 0.6 is 0 Å². The minimum absolute atomic E-state index is 0.313. The van der Waals surface area contributed by atoms with Gasteiger partial charge in [0.25, 0.3) is 0 Å². The Balaban J connectivity index is 1.41. The maximum atomic E-state index is 13.9. The van der Waals surface area contributed by atoms with Crippen LogP contribution in [0.25, 0.3) is 10.8 Å². The number of benzene rings is 2. The van der Waals surface area contributed by atoms with Crippen LogP contribution in [-0.4, -0.2) is 57.3 Å². The number of amides is 1. The summed E-state index contributed by atoms with van der Waals surface area (Å²) in [5, 5.41) is 4.88. The largest absolute Gasteiger partial charge is 0.444 e. The van der Waals surface area contributed by atoms with E-state index in [0.717, 1.165) is 49.3 Å². The SMILES string of the molecule is CC(C)(C)OC(=O)NCC1CCC(CN(CC2CCOCC2)S(=O)(=O)c2ccc3ccccc3c2)CC1. The number of alkyl carbamates (subject to hydrolysis) is 1. The molecule has 2 aliphatic rings. The van der Waals surface area contributed by atoms with Crippen LogP contribution in [0.2, 0.25) is 0 Å². The Labute approximate surface area is 221 Å². The van der Waals surface area contributed by atoms with Crippen LogP contribution in [0.1, 0.15) is 59.3 Å². The van der Waals surface area contributed by atoms with Gasteiger partial charge in [0.05, 0.1) is 4.90 Å². The number of sulfonamides is 1. The summed E-state index contributed by atoms with van der Waals surface area (Å²) in [5.41, 5.74) is -0.508. The number of nitrogens with zero attached hydrogens (tertiary/aromatic N) is 1. The zero-order valence-corrected chi connectivity index (χ0v) is 23.3. The van der Waals surface area contributed by atoms with Gasteiger partial charge in [-0.15, -0.1) is 0 Å². The van der Waals surface area contributed by atoms with Crippen LogP contribution in [0.4, 0.5) is 4.79 Å². The third-order valence-corrected chi connectivity index (χ3v) is 9.35. The van der Waals surface area contributed by atoms with Gasteiger partial charge in [-0.3, -0.25) is 0 Å². The highest BCUT2D eigenvalue weighted by molar-refractivity contribution is 7.89. The molecule has 0 radical (unpaired) electrons. The molecule has 1 aliphatic carbocycles. The van der Waals surface area contributed by atoms with Gasteiger partial charge in [0.1, 0.15) is 5.60 Å². The third-order valence-electron chi connectivity index (χ3n) is 7.52. The van der Waals surface area contributed by atoms with Crippen molar-refractivity contribution in [1.29, 1.82) is 0 Å². The maximum Gasteiger partial charge on any atom is 0.407 e. The molecule has 2 aromatic carbocycles. The Morgan fingerprint density at radius 1 is 0.919 bits per heavy atom. The first-order valence-electron chi connectivity index (χ1n) is 13.6. The highest BCUT2D eigenvalue weighted by atomic mass is 32.2. The molecule has 1 amide bonds. The molecule has 7 nitrogen and oxygen atoms in total. The molecule has 8 heteroatoms. The van der Waals surface area contributed by atoms with Crippen molar-refractivity contribution in [2.75, 3.05) is 32.8 Å². The van der Waals surface area contributed by atoms with E-state index in [1.165, 1.54) is 0 Å². The number of rotatable bonds is 8. The molecule has 0 spiro atoms. The lowest BCUT2D eigenvalue weighted by Gasteiger charge is -2.34. The summed E-state index contributed by atoms with van der Waals surface area (Å²) in [6.07, 6.45) is 5.28. The van der Waals surface area contributed by atoms with Gasteiger partial charge in [-0.25, -0.2) is 13.2 Å². The van der Waals surface area contributed by atoms with E-state index in [-0.39, 0.29) is 6.09 Å². The van der Waals surface area contributed by atoms with Crippen molar-refractivity contribution in [1.82, 2.24) is 9.62 Å². The Morgan fingerprint density at radius 3 is 2.16 bits per heavy atom. The van der Waals surface area contributed by atoms with E-state index >= 15 is 0 Å². The number of hydrogen-bond donors (Lipinski definition) is 1. The van der Waals surface area contributed by atoms with Gasteiger partial charge in [-0.2, -0.15) is 4.31 Å². The molecule has 0 atom stereocenters. The number of ether oxygens (including phenoxy) is 2. The smallest absolute Gasteiger partial charge is 0.407 e. The average Bonchev–Trinajstić information content (AvgIpc) is 2.87. The van der Waals surface area contributed by atoms with Crippen LogP contribution in [0.3, 0.4) is 0 Å². The minimum atomic E-state index is -3.62. The zero-order valence-electron chi connectivity index (χ0n) is 22.4. The maximum absolute atomic E-state index is 13.9. The molecule has 1 aliphatic heterocycles. The number of nitrogens with one attached hydrogen (secondary N) is 1. The fourth-order valence-electron chi connectivity index (χ4n) is 5.41. The monoisotopic (exact) mass is 530 g/mol. The fourth-order valence-corrected chi connectivity index (χ4v) is 7.04. The summed E-state index contributed by atoms with van der Waals surface area (Å²) in [5.74, 6) is 1.02. The predicted molar refractivity (Wildman–Crippen MR) is 146 cm³/mol. The lowest BCUT2D eigenvalue weighted by Crippen LogP contribution is -2.41. The molecule has 1 saturated carbocycles. The van der Waals surface area contributed by atoms with Crippen molar-refractivity contribution in [2.45, 2.75) is 69.8 Å². The second-order valence-electron chi connectivity index (χ2n) is 11.7. The third kappa shape index (κ3) is 7.91. The lowest BCUT2D eigenvalue weighted by atomic mass is 9.82. The van der Waals surface area contributed by atoms with Crippen LogP contribution in [0, 0.1) is 17.8 Å². The van der Waals surface area contributed by atoms with Crippen molar-refractivity contribution >= 4 is 26.9 Å². The van der Waals surface area contributed by atoms with Crippen molar-refractivity contribution in [3.05, 3.63) is 42.5 Å². The molecule has 2 fully saturated rings. The minimum Gasteiger partial charge on any atom is -0.444 e. The van der Waals surface area contributed by atoms with Gasteiger partial charge in [0, 0.05) is 32.8 Å². The quantitative estimate of drug-likeness (QED) is 0.481. The number of fused-ring (bicyclic) bond motifs is 1. The molecule has 0 aromatic heterocycles. The molecule has 1 saturated heterocycles. The summed E-state index contributed by atoms with van der Waals surface area (Å²) in [7, 11) is -3.62. The standard InChI is InChI=1S/C29H42N2O5S/c1-29(2,3)36-28(32)30-19-22-8-10-23(11-9-22)20-31(21-24-14-16-35-17-15-24)37(33,34)27-13-12-25-6-4-5-7-26(25)18-27/h4-7,12-13,18,22-24H,8-11,14-17,19-21H2,1-3H3,(H,30,32). The molecule has 2 aromatic rings. The van der Waals surface area contributed by atoms with E-state index in [1.807, 2.05) is 51.1 Å². The first kappa shape index (κ1) is 27.9. The molecule has 204 valence electrons. The highest BCUT2D eigenvalue weighted by Crippen LogP contribution is 2.32. The Morgan fingerprint density at radius 2 is 1.51 bits per heavy atom. The first-order chi connectivity index (χ1) is 17.6. The van der Waals surface area contributed by atoms with Gasteiger partial charge in [0.15, 0.2) is 0 Å². The molecule has 1 heterocycles. The summed E-state index contributed by atoms with van der Waals surface area (Å²) in [4.78, 5) is 12.4. The number of hydrogen-bond acceptors (Lipinski definition) is 5. The number of carbonyl (C=O) groups excluding carboxylic acids is 1. The predicted octanol–water partition coefficient (Wildman–Crippen LogP) is 5.59. The Hall–Kier alpha value is -2.16. The molecule has 4 rings (SSSR count). The van der Waals surface area contributed by atoms with Gasteiger partial charge in [-0.1, -0.05) is 30.3 Å². The summed E-state index contributed by atoms with van der Waals surface area (Å²) in [6.45, 7) is 8.65. The molecule has 37 heavy (non-hydrogen) atoms. The molecule has 1 N–H and O–H groups in total. The van der Waals surface area contributed by atoms with E-state index in [0.29, 0.717) is 55.5 Å². The van der Waals surface area contributed by atoms with Crippen molar-refractivity contribution in [3.63, 3.8) is 0 Å². The van der Waals surface area contributed by atoms with E-state index in [4.69, 9.17) is 9.47 Å². The summed E-state index contributed by atoms with van der Waals surface area (Å²) in [6, 6.07) is 13.3. The van der Waals surface area contributed by atoms with Crippen LogP contribution < -0.4 is 5.32 Å². The highest BCUT2D eigenvalue weighted by Gasteiger charge is 2.32. The molecular weight excluding hydrogens is 488 g/mol. The molecule has 0 bridgehead atoms. The van der Waals surface area contributed by atoms with E-state index in [1.54, 1.807) is 16.4 Å². The normalized spacial score (nSPS) is 21.7. The second kappa shape index (κ2) is 12.1. The van der Waals surface area contributed by atoms with Gasteiger partial charge in [0.2, 0.25) is 10.0 Å². The summed E-state index contributed by atoms with van der Waals surface area (Å²) >= 11 is 0. The molecule has 0 unspecified atom stereocenters. The topological polar surface area (TPSA) is 84.9 Å². The number of carbonyl (C=O) groups is 1. The van der Waals surface area contributed by atoms with Crippen molar-refractivity contribution < 1.29 is 22.7 Å². The first-order valence-corrected chi connectivity index (χ1v) is 15.1. The van der Waals surface area contributed by atoms with Crippen LogP contribution in [0.15, 0.2) is 47.4 Å². The fraction of sp³-hybridized carbons (Fsp3) is 0.621. The van der Waals surface area contributed by atoms with Crippen molar-refractivity contribution in [2.24, 2.45) is 17.8 Å². The lowest BCUT2D eigenvalue weighted by molar-refractivity contribution is 0.0511. The molecular formula is C29H42N2O5S.